The number of imidazole rings is 1. The van der Waals surface area contributed by atoms with E-state index in [0.717, 1.165) is 59.3 Å². The van der Waals surface area contributed by atoms with Crippen LogP contribution in [0, 0.1) is 0 Å². The largest absolute Gasteiger partial charge is 0.446 e. The topological polar surface area (TPSA) is 89.5 Å². The molecule has 6 rings (SSSR count). The van der Waals surface area contributed by atoms with E-state index in [0.29, 0.717) is 31.2 Å². The Hall–Kier alpha value is -3.20. The van der Waals surface area contributed by atoms with E-state index in [9.17, 15) is 4.79 Å². The van der Waals surface area contributed by atoms with Crippen molar-refractivity contribution in [2.45, 2.75) is 43.9 Å². The molecular formula is C29H33ClN6O2. The van der Waals surface area contributed by atoms with Crippen molar-refractivity contribution >= 4 is 29.3 Å². The first kappa shape index (κ1) is 25.1. The van der Waals surface area contributed by atoms with Crippen molar-refractivity contribution in [3.63, 3.8) is 0 Å². The van der Waals surface area contributed by atoms with Crippen LogP contribution in [-0.4, -0.2) is 62.7 Å². The average molecular weight is 533 g/mol. The Labute approximate surface area is 228 Å². The maximum atomic E-state index is 12.8. The lowest BCUT2D eigenvalue weighted by atomic mass is 9.90. The third-order valence-electron chi connectivity index (χ3n) is 8.08. The molecule has 2 fully saturated rings. The summed E-state index contributed by atoms with van der Waals surface area (Å²) >= 11 is 6.55. The first-order valence-electron chi connectivity index (χ1n) is 13.4. The molecule has 1 saturated carbocycles. The van der Waals surface area contributed by atoms with Crippen molar-refractivity contribution in [3.05, 3.63) is 82.2 Å². The van der Waals surface area contributed by atoms with Gasteiger partial charge in [0, 0.05) is 44.4 Å². The number of hydrogen-bond acceptors (Lipinski definition) is 6. The maximum absolute atomic E-state index is 12.8. The van der Waals surface area contributed by atoms with Crippen LogP contribution in [0.3, 0.4) is 0 Å². The number of halogens is 1. The zero-order valence-electron chi connectivity index (χ0n) is 21.6. The number of piperazine rings is 1. The third-order valence-corrected chi connectivity index (χ3v) is 8.31. The Morgan fingerprint density at radius 3 is 2.68 bits per heavy atom. The smallest absolute Gasteiger partial charge is 0.410 e. The van der Waals surface area contributed by atoms with E-state index in [1.54, 1.807) is 6.33 Å². The molecule has 0 bridgehead atoms. The number of aryl methyl sites for hydroxylation is 1. The molecule has 1 aromatic carbocycles. The molecule has 198 valence electrons. The summed E-state index contributed by atoms with van der Waals surface area (Å²) in [5.41, 5.74) is 12.9. The van der Waals surface area contributed by atoms with Gasteiger partial charge in [-0.25, -0.2) is 9.78 Å². The predicted molar refractivity (Wildman–Crippen MR) is 147 cm³/mol. The number of carbonyl (C=O) groups is 1. The first-order chi connectivity index (χ1) is 18.5. The number of nitrogens with zero attached hydrogens (tertiary/aromatic N) is 5. The second-order valence-electron chi connectivity index (χ2n) is 10.4. The predicted octanol–water partition coefficient (Wildman–Crippen LogP) is 4.81. The summed E-state index contributed by atoms with van der Waals surface area (Å²) in [5.74, 6) is 0. The monoisotopic (exact) mass is 532 g/mol. The number of pyridine rings is 1. The highest BCUT2D eigenvalue weighted by molar-refractivity contribution is 6.30. The molecule has 2 aromatic heterocycles. The second kappa shape index (κ2) is 10.5. The van der Waals surface area contributed by atoms with Gasteiger partial charge in [-0.15, -0.1) is 0 Å². The number of fused-ring (bicyclic) bond motifs is 2. The van der Waals surface area contributed by atoms with Crippen LogP contribution in [0.25, 0.3) is 11.6 Å². The molecule has 8 nitrogen and oxygen atoms in total. The Balaban J connectivity index is 1.33. The van der Waals surface area contributed by atoms with E-state index in [1.807, 2.05) is 47.1 Å². The molecular weight excluding hydrogens is 500 g/mol. The lowest BCUT2D eigenvalue weighted by Gasteiger charge is -2.39. The van der Waals surface area contributed by atoms with Gasteiger partial charge in [0.15, 0.2) is 0 Å². The molecule has 3 aliphatic rings. The van der Waals surface area contributed by atoms with Crippen molar-refractivity contribution in [1.82, 2.24) is 24.3 Å². The quantitative estimate of drug-likeness (QED) is 0.518. The van der Waals surface area contributed by atoms with Gasteiger partial charge in [0.2, 0.25) is 0 Å². The molecule has 3 heterocycles. The van der Waals surface area contributed by atoms with Gasteiger partial charge in [-0.1, -0.05) is 23.7 Å². The molecule has 9 heteroatoms. The SMILES string of the molecule is Cn1cncc1C(N)C1=Cc2cccnc2C(N2CCN(C(=O)OC3CCCC3)CC2)c2ccc(Cl)cc21. The Kier molecular flexibility index (Phi) is 6.95. The number of ether oxygens (including phenoxy) is 1. The van der Waals surface area contributed by atoms with E-state index < -0.39 is 6.04 Å². The molecule has 2 aliphatic carbocycles. The van der Waals surface area contributed by atoms with Gasteiger partial charge in [0.25, 0.3) is 0 Å². The summed E-state index contributed by atoms with van der Waals surface area (Å²) < 4.78 is 7.73. The van der Waals surface area contributed by atoms with E-state index in [4.69, 9.17) is 27.1 Å². The van der Waals surface area contributed by atoms with Crippen molar-refractivity contribution < 1.29 is 9.53 Å². The molecule has 2 unspecified atom stereocenters. The molecule has 2 N–H and O–H groups in total. The molecule has 1 amide bonds. The molecule has 3 aromatic rings. The van der Waals surface area contributed by atoms with Gasteiger partial charge >= 0.3 is 6.09 Å². The minimum atomic E-state index is -0.395. The highest BCUT2D eigenvalue weighted by Gasteiger charge is 2.35. The van der Waals surface area contributed by atoms with Gasteiger partial charge < -0.3 is 19.9 Å². The normalized spacial score (nSPS) is 20.9. The number of nitrogens with two attached hydrogens (primary N) is 1. The van der Waals surface area contributed by atoms with Crippen LogP contribution in [-0.2, 0) is 11.8 Å². The number of rotatable bonds is 4. The molecule has 2 atom stereocenters. The summed E-state index contributed by atoms with van der Waals surface area (Å²) in [6, 6.07) is 9.59. The third kappa shape index (κ3) is 4.72. The fraction of sp³-hybridized carbons (Fsp3) is 0.414. The van der Waals surface area contributed by atoms with Crippen molar-refractivity contribution in [2.24, 2.45) is 12.8 Å². The van der Waals surface area contributed by atoms with E-state index >= 15 is 0 Å². The van der Waals surface area contributed by atoms with Gasteiger partial charge in [0.05, 0.1) is 36.0 Å². The van der Waals surface area contributed by atoms with Crippen LogP contribution < -0.4 is 5.73 Å². The van der Waals surface area contributed by atoms with Crippen LogP contribution in [0.2, 0.25) is 5.02 Å². The van der Waals surface area contributed by atoms with E-state index in [1.165, 1.54) is 0 Å². The minimum Gasteiger partial charge on any atom is -0.446 e. The molecule has 1 saturated heterocycles. The zero-order chi connectivity index (χ0) is 26.2. The summed E-state index contributed by atoms with van der Waals surface area (Å²) in [6.07, 6.45) is 11.7. The maximum Gasteiger partial charge on any atom is 0.410 e. The Morgan fingerprint density at radius 2 is 1.95 bits per heavy atom. The van der Waals surface area contributed by atoms with Gasteiger partial charge in [-0.05, 0) is 72.2 Å². The standard InChI is InChI=1S/C29H33ClN6O2/c1-34-18-32-17-25(34)26(31)24-15-19-5-4-10-33-27(19)28(22-9-8-20(30)16-23(22)24)35-11-13-36(14-12-35)29(37)38-21-6-2-3-7-21/h4-5,8-10,15-18,21,26,28H,2-3,6-7,11-14,31H2,1H3. The highest BCUT2D eigenvalue weighted by Crippen LogP contribution is 2.43. The highest BCUT2D eigenvalue weighted by atomic mass is 35.5. The van der Waals surface area contributed by atoms with E-state index in [2.05, 4.69) is 28.1 Å². The van der Waals surface area contributed by atoms with Crippen LogP contribution in [0.1, 0.15) is 65.8 Å². The van der Waals surface area contributed by atoms with Crippen LogP contribution >= 0.6 is 11.6 Å². The van der Waals surface area contributed by atoms with Crippen molar-refractivity contribution in [3.8, 4) is 0 Å². The van der Waals surface area contributed by atoms with E-state index in [-0.39, 0.29) is 18.2 Å². The summed E-state index contributed by atoms with van der Waals surface area (Å²) in [7, 11) is 1.95. The van der Waals surface area contributed by atoms with Gasteiger partial charge in [0.1, 0.15) is 6.10 Å². The lowest BCUT2D eigenvalue weighted by molar-refractivity contribution is 0.0433. The fourth-order valence-corrected chi connectivity index (χ4v) is 6.20. The molecule has 0 radical (unpaired) electrons. The van der Waals surface area contributed by atoms with Crippen LogP contribution in [0.15, 0.2) is 49.1 Å². The van der Waals surface area contributed by atoms with Crippen LogP contribution in [0.4, 0.5) is 4.79 Å². The average Bonchev–Trinajstić information content (AvgIpc) is 3.57. The summed E-state index contributed by atoms with van der Waals surface area (Å²) in [5, 5.41) is 0.656. The number of benzene rings is 1. The Bertz CT molecular complexity index is 1360. The number of aromatic nitrogens is 3. The number of amides is 1. The Morgan fingerprint density at radius 1 is 1.16 bits per heavy atom. The number of hydrogen-bond donors (Lipinski definition) is 1. The van der Waals surface area contributed by atoms with Gasteiger partial charge in [-0.2, -0.15) is 0 Å². The molecule has 1 aliphatic heterocycles. The first-order valence-corrected chi connectivity index (χ1v) is 13.7. The minimum absolute atomic E-state index is 0.0724. The lowest BCUT2D eigenvalue weighted by Crippen LogP contribution is -2.50. The second-order valence-corrected chi connectivity index (χ2v) is 10.9. The fourth-order valence-electron chi connectivity index (χ4n) is 6.03. The van der Waals surface area contributed by atoms with Crippen LogP contribution in [0.5, 0.6) is 0 Å². The van der Waals surface area contributed by atoms with Gasteiger partial charge in [-0.3, -0.25) is 9.88 Å². The zero-order valence-corrected chi connectivity index (χ0v) is 22.3. The summed E-state index contributed by atoms with van der Waals surface area (Å²) in [4.78, 5) is 26.2. The molecule has 0 spiro atoms. The number of carbonyl (C=O) groups excluding carboxylic acids is 1. The van der Waals surface area contributed by atoms with Crippen molar-refractivity contribution in [2.75, 3.05) is 26.2 Å². The van der Waals surface area contributed by atoms with Crippen molar-refractivity contribution in [1.29, 1.82) is 0 Å². The molecule has 38 heavy (non-hydrogen) atoms. The summed E-state index contributed by atoms with van der Waals surface area (Å²) in [6.45, 7) is 2.65.